The van der Waals surface area contributed by atoms with Crippen LogP contribution in [0.2, 0.25) is 0 Å². The molecule has 4 aromatic carbocycles. The second kappa shape index (κ2) is 14.7. The van der Waals surface area contributed by atoms with Crippen molar-refractivity contribution in [2.24, 2.45) is 0 Å². The van der Waals surface area contributed by atoms with E-state index in [-0.39, 0.29) is 0 Å². The molecule has 63 heavy (non-hydrogen) atoms. The van der Waals surface area contributed by atoms with Crippen LogP contribution >= 0.6 is 0 Å². The van der Waals surface area contributed by atoms with Crippen LogP contribution in [-0.2, 0) is 0 Å². The lowest BCUT2D eigenvalue weighted by atomic mass is 9.80. The lowest BCUT2D eigenvalue weighted by Crippen LogP contribution is -2.04. The molecule has 0 fully saturated rings. The van der Waals surface area contributed by atoms with E-state index in [9.17, 15) is 0 Å². The van der Waals surface area contributed by atoms with Crippen molar-refractivity contribution in [3.8, 4) is 67.7 Å². The summed E-state index contributed by atoms with van der Waals surface area (Å²) in [5.41, 5.74) is 27.7. The molecule has 9 heteroatoms. The molecule has 0 saturated carbocycles. The number of hydrogen-bond donors (Lipinski definition) is 0. The van der Waals surface area contributed by atoms with Crippen LogP contribution in [0.5, 0.6) is 0 Å². The maximum atomic E-state index is 6.29. The molecule has 312 valence electrons. The molecule has 0 aliphatic heterocycles. The fourth-order valence-electron chi connectivity index (χ4n) is 9.89. The van der Waals surface area contributed by atoms with Gasteiger partial charge < -0.3 is 13.3 Å². The van der Waals surface area contributed by atoms with Crippen LogP contribution in [0.1, 0.15) is 66.8 Å². The zero-order valence-corrected chi connectivity index (χ0v) is 37.8. The molecule has 0 aliphatic carbocycles. The minimum atomic E-state index is 0.535. The standard InChI is InChI=1S/C54H48N6O3/c1-25-31(7)46(52-58-40-16-13-19-55-49(40)61-52)32(8)26(2)43(25)37-22-38(44-27(3)33(9)47(34(10)28(44)4)53-59-41-17-14-20-56-50(41)62-53)24-39(23-37)45-29(5)35(11)48(36(12)30(45)6)54-60-42-18-15-21-57-51(42)63-54/h13-24H,1-12H3. The number of benzene rings is 4. The van der Waals surface area contributed by atoms with Crippen molar-refractivity contribution in [1.82, 2.24) is 29.9 Å². The lowest BCUT2D eigenvalue weighted by Gasteiger charge is -2.24. The van der Waals surface area contributed by atoms with Gasteiger partial charge >= 0.3 is 0 Å². The van der Waals surface area contributed by atoms with E-state index in [0.29, 0.717) is 34.8 Å². The number of nitrogens with zero attached hydrogens (tertiary/aromatic N) is 6. The van der Waals surface area contributed by atoms with Crippen molar-refractivity contribution in [3.63, 3.8) is 0 Å². The molecule has 6 aromatic heterocycles. The van der Waals surface area contributed by atoms with Crippen molar-refractivity contribution < 1.29 is 13.3 Å². The zero-order valence-electron chi connectivity index (χ0n) is 37.8. The Morgan fingerprint density at radius 2 is 0.524 bits per heavy atom. The van der Waals surface area contributed by atoms with Gasteiger partial charge in [0.05, 0.1) is 0 Å². The van der Waals surface area contributed by atoms with Gasteiger partial charge in [0, 0.05) is 35.3 Å². The largest absolute Gasteiger partial charge is 0.418 e. The zero-order chi connectivity index (χ0) is 44.2. The van der Waals surface area contributed by atoms with Gasteiger partial charge in [-0.1, -0.05) is 0 Å². The molecule has 0 aliphatic rings. The van der Waals surface area contributed by atoms with Gasteiger partial charge in [-0.05, 0) is 238 Å². The maximum Gasteiger partial charge on any atom is 0.247 e. The van der Waals surface area contributed by atoms with Crippen molar-refractivity contribution in [2.45, 2.75) is 83.1 Å². The molecule has 0 N–H and O–H groups in total. The third kappa shape index (κ3) is 6.12. The van der Waals surface area contributed by atoms with Gasteiger partial charge in [0.1, 0.15) is 16.6 Å². The summed E-state index contributed by atoms with van der Waals surface area (Å²) in [5, 5.41) is 0. The molecule has 0 spiro atoms. The minimum absolute atomic E-state index is 0.535. The molecule has 9 nitrogen and oxygen atoms in total. The first kappa shape index (κ1) is 39.9. The number of hydrogen-bond acceptors (Lipinski definition) is 9. The quantitative estimate of drug-likeness (QED) is 0.161. The van der Waals surface area contributed by atoms with E-state index >= 15 is 0 Å². The Balaban J connectivity index is 1.22. The van der Waals surface area contributed by atoms with Gasteiger partial charge in [-0.25, -0.2) is 29.9 Å². The van der Waals surface area contributed by atoms with Crippen LogP contribution < -0.4 is 0 Å². The van der Waals surface area contributed by atoms with Gasteiger partial charge in [0.15, 0.2) is 0 Å². The van der Waals surface area contributed by atoms with E-state index in [2.05, 4.69) is 116 Å². The Bertz CT molecular complexity index is 2980. The molecule has 0 amide bonds. The Kier molecular flexibility index (Phi) is 9.29. The summed E-state index contributed by atoms with van der Waals surface area (Å²) in [4.78, 5) is 28.0. The first-order valence-electron chi connectivity index (χ1n) is 21.4. The fourth-order valence-corrected chi connectivity index (χ4v) is 9.89. The Hall–Kier alpha value is -7.26. The molecule has 0 saturated heterocycles. The van der Waals surface area contributed by atoms with Crippen molar-refractivity contribution in [1.29, 1.82) is 0 Å². The molecule has 10 aromatic rings. The summed E-state index contributed by atoms with van der Waals surface area (Å²) in [6.45, 7) is 26.4. The van der Waals surface area contributed by atoms with E-state index in [0.717, 1.165) is 83.3 Å². The summed E-state index contributed by atoms with van der Waals surface area (Å²) >= 11 is 0. The van der Waals surface area contributed by atoms with Gasteiger partial charge in [0.2, 0.25) is 34.8 Å². The average molecular weight is 829 g/mol. The third-order valence-electron chi connectivity index (χ3n) is 13.8. The Morgan fingerprint density at radius 3 is 0.746 bits per heavy atom. The predicted octanol–water partition coefficient (Wildman–Crippen LogP) is 14.0. The monoisotopic (exact) mass is 828 g/mol. The number of pyridine rings is 3. The van der Waals surface area contributed by atoms with E-state index in [4.69, 9.17) is 28.2 Å². The minimum Gasteiger partial charge on any atom is -0.418 e. The average Bonchev–Trinajstić information content (AvgIpc) is 4.02. The highest BCUT2D eigenvalue weighted by atomic mass is 16.4. The third-order valence-corrected chi connectivity index (χ3v) is 13.8. The Morgan fingerprint density at radius 1 is 0.302 bits per heavy atom. The summed E-state index contributed by atoms with van der Waals surface area (Å²) in [7, 11) is 0. The topological polar surface area (TPSA) is 117 Å². The van der Waals surface area contributed by atoms with E-state index in [1.54, 1.807) is 18.6 Å². The Labute approximate surface area is 366 Å². The highest BCUT2D eigenvalue weighted by Crippen LogP contribution is 2.47. The van der Waals surface area contributed by atoms with E-state index in [1.165, 1.54) is 50.1 Å². The maximum absolute atomic E-state index is 6.29. The molecule has 0 bridgehead atoms. The van der Waals surface area contributed by atoms with Crippen LogP contribution in [0.25, 0.3) is 101 Å². The number of oxazole rings is 3. The summed E-state index contributed by atoms with van der Waals surface area (Å²) in [6.07, 6.45) is 5.21. The van der Waals surface area contributed by atoms with Crippen LogP contribution in [0, 0.1) is 83.1 Å². The molecule has 0 atom stereocenters. The first-order valence-corrected chi connectivity index (χ1v) is 21.4. The second-order valence-corrected chi connectivity index (χ2v) is 17.1. The summed E-state index contributed by atoms with van der Waals surface area (Å²) in [5.74, 6) is 1.76. The molecule has 0 radical (unpaired) electrons. The summed E-state index contributed by atoms with van der Waals surface area (Å²) < 4.78 is 18.9. The van der Waals surface area contributed by atoms with Gasteiger partial charge in [0.25, 0.3) is 0 Å². The highest BCUT2D eigenvalue weighted by Gasteiger charge is 2.27. The van der Waals surface area contributed by atoms with Crippen LogP contribution in [0.3, 0.4) is 0 Å². The lowest BCUT2D eigenvalue weighted by molar-refractivity contribution is 0.606. The first-order chi connectivity index (χ1) is 30.2. The van der Waals surface area contributed by atoms with E-state index < -0.39 is 0 Å². The second-order valence-electron chi connectivity index (χ2n) is 17.1. The number of rotatable bonds is 6. The van der Waals surface area contributed by atoms with E-state index in [1.807, 2.05) is 36.4 Å². The van der Waals surface area contributed by atoms with Crippen molar-refractivity contribution >= 4 is 33.7 Å². The van der Waals surface area contributed by atoms with Crippen LogP contribution in [0.15, 0.2) is 86.4 Å². The number of fused-ring (bicyclic) bond motifs is 3. The van der Waals surface area contributed by atoms with Crippen LogP contribution in [-0.4, -0.2) is 29.9 Å². The predicted molar refractivity (Wildman–Crippen MR) is 252 cm³/mol. The SMILES string of the molecule is Cc1c(C)c(-c2nc3cccnc3o2)c(C)c(C)c1-c1cc(-c2c(C)c(C)c(-c3nc4cccnc4o3)c(C)c2C)cc(-c2c(C)c(C)c(-c3nc4cccnc4o3)c(C)c2C)c1. The van der Waals surface area contributed by atoms with Crippen molar-refractivity contribution in [3.05, 3.63) is 140 Å². The van der Waals surface area contributed by atoms with Gasteiger partial charge in [-0.3, -0.25) is 0 Å². The molecular formula is C54H48N6O3. The fraction of sp³-hybridized carbons (Fsp3) is 0.222. The normalized spacial score (nSPS) is 11.8. The highest BCUT2D eigenvalue weighted by molar-refractivity contribution is 5.92. The molecule has 0 unspecified atom stereocenters. The summed E-state index contributed by atoms with van der Waals surface area (Å²) in [6, 6.07) is 18.6. The van der Waals surface area contributed by atoms with Crippen molar-refractivity contribution in [2.75, 3.05) is 0 Å². The number of aromatic nitrogens is 6. The smallest absolute Gasteiger partial charge is 0.247 e. The van der Waals surface area contributed by atoms with Gasteiger partial charge in [-0.15, -0.1) is 0 Å². The molecule has 10 rings (SSSR count). The molecular weight excluding hydrogens is 781 g/mol. The van der Waals surface area contributed by atoms with Gasteiger partial charge in [-0.2, -0.15) is 0 Å². The van der Waals surface area contributed by atoms with Crippen LogP contribution in [0.4, 0.5) is 0 Å². The molecule has 6 heterocycles.